The van der Waals surface area contributed by atoms with E-state index in [2.05, 4.69) is 4.74 Å². The van der Waals surface area contributed by atoms with Gasteiger partial charge in [-0.2, -0.15) is 0 Å². The van der Waals surface area contributed by atoms with Crippen LogP contribution in [0, 0.1) is 0 Å². The van der Waals surface area contributed by atoms with Crippen molar-refractivity contribution in [1.82, 2.24) is 0 Å². The van der Waals surface area contributed by atoms with Gasteiger partial charge in [0.25, 0.3) is 0 Å². The predicted octanol–water partition coefficient (Wildman–Crippen LogP) is 0.0357. The van der Waals surface area contributed by atoms with Crippen LogP contribution < -0.4 is 5.73 Å². The van der Waals surface area contributed by atoms with Crippen molar-refractivity contribution in [3.8, 4) is 0 Å². The Morgan fingerprint density at radius 2 is 2.42 bits per heavy atom. The first-order valence-corrected chi connectivity index (χ1v) is 4.48. The van der Waals surface area contributed by atoms with Crippen molar-refractivity contribution in [2.45, 2.75) is 6.92 Å². The van der Waals surface area contributed by atoms with Crippen LogP contribution in [0.25, 0.3) is 0 Å². The Labute approximate surface area is 74.1 Å². The maximum Gasteiger partial charge on any atom is 0.344 e. The summed E-state index contributed by atoms with van der Waals surface area (Å²) in [5.41, 5.74) is 5.44. The van der Waals surface area contributed by atoms with Gasteiger partial charge < -0.3 is 10.5 Å². The van der Waals surface area contributed by atoms with Crippen LogP contribution in [0.1, 0.15) is 6.92 Å². The number of esters is 1. The molecule has 0 atom stereocenters. The van der Waals surface area contributed by atoms with Crippen molar-refractivity contribution in [3.05, 3.63) is 10.6 Å². The van der Waals surface area contributed by atoms with Gasteiger partial charge in [0.15, 0.2) is 5.78 Å². The first kappa shape index (κ1) is 9.12. The number of rotatable bonds is 2. The molecule has 0 aliphatic carbocycles. The summed E-state index contributed by atoms with van der Waals surface area (Å²) in [7, 11) is 0. The molecule has 2 N–H and O–H groups in total. The molecule has 5 heteroatoms. The van der Waals surface area contributed by atoms with E-state index in [-0.39, 0.29) is 28.7 Å². The molecule has 4 nitrogen and oxygen atoms in total. The van der Waals surface area contributed by atoms with Crippen molar-refractivity contribution in [2.24, 2.45) is 5.73 Å². The van der Waals surface area contributed by atoms with Gasteiger partial charge in [0, 0.05) is 0 Å². The zero-order valence-electron chi connectivity index (χ0n) is 6.62. The SMILES string of the molecule is CCOC(=O)C1=C(N)SCC1=O. The summed E-state index contributed by atoms with van der Waals surface area (Å²) in [5.74, 6) is -0.596. The standard InChI is InChI=1S/C7H9NO3S/c1-2-11-7(10)5-4(9)3-12-6(5)8/h2-3,8H2,1H3. The summed E-state index contributed by atoms with van der Waals surface area (Å²) in [6, 6.07) is 0. The number of thioether (sulfide) groups is 1. The zero-order chi connectivity index (χ0) is 9.14. The topological polar surface area (TPSA) is 69.4 Å². The molecule has 0 amide bonds. The van der Waals surface area contributed by atoms with E-state index >= 15 is 0 Å². The second-order valence-electron chi connectivity index (χ2n) is 2.17. The van der Waals surface area contributed by atoms with Gasteiger partial charge in [-0.05, 0) is 6.92 Å². The highest BCUT2D eigenvalue weighted by Crippen LogP contribution is 2.24. The van der Waals surface area contributed by atoms with Gasteiger partial charge >= 0.3 is 5.97 Å². The van der Waals surface area contributed by atoms with Crippen LogP contribution in [0.2, 0.25) is 0 Å². The molecular weight excluding hydrogens is 178 g/mol. The van der Waals surface area contributed by atoms with Crippen LogP contribution in [-0.2, 0) is 14.3 Å². The molecular formula is C7H9NO3S. The van der Waals surface area contributed by atoms with Crippen molar-refractivity contribution >= 4 is 23.5 Å². The molecule has 0 unspecified atom stereocenters. The third kappa shape index (κ3) is 1.61. The van der Waals surface area contributed by atoms with E-state index in [0.717, 1.165) is 0 Å². The van der Waals surface area contributed by atoms with Crippen molar-refractivity contribution in [1.29, 1.82) is 0 Å². The summed E-state index contributed by atoms with van der Waals surface area (Å²) in [4.78, 5) is 22.1. The molecule has 1 rings (SSSR count). The van der Waals surface area contributed by atoms with Gasteiger partial charge in [-0.3, -0.25) is 4.79 Å². The number of hydrogen-bond acceptors (Lipinski definition) is 5. The Hall–Kier alpha value is -0.970. The van der Waals surface area contributed by atoms with Gasteiger partial charge in [-0.1, -0.05) is 11.8 Å². The number of nitrogens with two attached hydrogens (primary N) is 1. The van der Waals surface area contributed by atoms with Gasteiger partial charge in [0.1, 0.15) is 5.57 Å². The second kappa shape index (κ2) is 3.62. The predicted molar refractivity (Wildman–Crippen MR) is 45.3 cm³/mol. The molecule has 0 saturated heterocycles. The highest BCUT2D eigenvalue weighted by Gasteiger charge is 2.28. The van der Waals surface area contributed by atoms with Crippen LogP contribution in [0.3, 0.4) is 0 Å². The van der Waals surface area contributed by atoms with E-state index in [0.29, 0.717) is 0 Å². The minimum absolute atomic E-state index is 0.0156. The summed E-state index contributed by atoms with van der Waals surface area (Å²) in [6.45, 7) is 1.94. The van der Waals surface area contributed by atoms with Crippen LogP contribution in [0.4, 0.5) is 0 Å². The Morgan fingerprint density at radius 1 is 1.75 bits per heavy atom. The van der Waals surface area contributed by atoms with Gasteiger partial charge in [-0.15, -0.1) is 0 Å². The molecule has 1 heterocycles. The van der Waals surface area contributed by atoms with Crippen LogP contribution in [0.15, 0.2) is 10.6 Å². The second-order valence-corrected chi connectivity index (χ2v) is 3.19. The fourth-order valence-corrected chi connectivity index (χ4v) is 1.62. The van der Waals surface area contributed by atoms with Gasteiger partial charge in [-0.25, -0.2) is 4.79 Å². The molecule has 12 heavy (non-hydrogen) atoms. The van der Waals surface area contributed by atoms with Crippen LogP contribution in [-0.4, -0.2) is 24.1 Å². The summed E-state index contributed by atoms with van der Waals surface area (Å²) < 4.78 is 4.66. The average molecular weight is 187 g/mol. The van der Waals surface area contributed by atoms with E-state index in [1.54, 1.807) is 6.92 Å². The fraction of sp³-hybridized carbons (Fsp3) is 0.429. The number of hydrogen-bond donors (Lipinski definition) is 1. The Bertz CT molecular complexity index is 259. The lowest BCUT2D eigenvalue weighted by Gasteiger charge is -2.00. The Morgan fingerprint density at radius 3 is 2.83 bits per heavy atom. The zero-order valence-corrected chi connectivity index (χ0v) is 7.44. The number of ketones is 1. The quantitative estimate of drug-likeness (QED) is 0.488. The summed E-state index contributed by atoms with van der Waals surface area (Å²) in [5, 5.41) is 0.276. The van der Waals surface area contributed by atoms with E-state index in [9.17, 15) is 9.59 Å². The molecule has 1 aliphatic heterocycles. The van der Waals surface area contributed by atoms with E-state index < -0.39 is 5.97 Å². The first-order valence-electron chi connectivity index (χ1n) is 3.49. The Kier molecular flexibility index (Phi) is 2.75. The third-order valence-corrected chi connectivity index (χ3v) is 2.29. The summed E-state index contributed by atoms with van der Waals surface area (Å²) >= 11 is 1.17. The maximum absolute atomic E-state index is 11.1. The molecule has 1 aliphatic rings. The lowest BCUT2D eigenvalue weighted by atomic mass is 10.2. The van der Waals surface area contributed by atoms with Gasteiger partial charge in [0.05, 0.1) is 17.4 Å². The number of carbonyl (C=O) groups is 2. The monoisotopic (exact) mass is 187 g/mol. The summed E-state index contributed by atoms with van der Waals surface area (Å²) in [6.07, 6.45) is 0. The molecule has 0 aromatic rings. The highest BCUT2D eigenvalue weighted by atomic mass is 32.2. The molecule has 66 valence electrons. The lowest BCUT2D eigenvalue weighted by Crippen LogP contribution is -2.16. The Balaban J connectivity index is 2.79. The first-order chi connectivity index (χ1) is 5.66. The molecule has 0 bridgehead atoms. The lowest BCUT2D eigenvalue weighted by molar-refractivity contribution is -0.139. The van der Waals surface area contributed by atoms with E-state index in [1.807, 2.05) is 0 Å². The number of ether oxygens (including phenoxy) is 1. The molecule has 0 fully saturated rings. The molecule has 0 aromatic heterocycles. The molecule has 0 spiro atoms. The fourth-order valence-electron chi connectivity index (χ4n) is 0.843. The maximum atomic E-state index is 11.1. The largest absolute Gasteiger partial charge is 0.462 e. The van der Waals surface area contributed by atoms with Gasteiger partial charge in [0.2, 0.25) is 0 Å². The van der Waals surface area contributed by atoms with Crippen LogP contribution >= 0.6 is 11.8 Å². The third-order valence-electron chi connectivity index (χ3n) is 1.36. The van der Waals surface area contributed by atoms with Crippen molar-refractivity contribution in [2.75, 3.05) is 12.4 Å². The number of Topliss-reactive ketones (excluding diaryl/α,β-unsaturated/α-hetero) is 1. The molecule has 0 aromatic carbocycles. The van der Waals surface area contributed by atoms with Crippen molar-refractivity contribution in [3.63, 3.8) is 0 Å². The van der Waals surface area contributed by atoms with Crippen molar-refractivity contribution < 1.29 is 14.3 Å². The number of carbonyl (C=O) groups excluding carboxylic acids is 2. The highest BCUT2D eigenvalue weighted by molar-refractivity contribution is 8.04. The normalized spacial score (nSPS) is 16.9. The molecule has 0 radical (unpaired) electrons. The minimum Gasteiger partial charge on any atom is -0.462 e. The van der Waals surface area contributed by atoms with E-state index in [1.165, 1.54) is 11.8 Å². The minimum atomic E-state index is -0.606. The van der Waals surface area contributed by atoms with Crippen LogP contribution in [0.5, 0.6) is 0 Å². The average Bonchev–Trinajstić information content (AvgIpc) is 2.32. The van der Waals surface area contributed by atoms with E-state index in [4.69, 9.17) is 5.73 Å². The molecule has 0 saturated carbocycles. The smallest absolute Gasteiger partial charge is 0.344 e.